The molecular weight excluding hydrogens is 220 g/mol. The molecule has 0 aromatic carbocycles. The Labute approximate surface area is 101 Å². The molecule has 0 bridgehead atoms. The van der Waals surface area contributed by atoms with Crippen LogP contribution in [-0.2, 0) is 0 Å². The van der Waals surface area contributed by atoms with Crippen molar-refractivity contribution in [2.45, 2.75) is 46.0 Å². The number of hydrogen-bond acceptors (Lipinski definition) is 4. The standard InChI is InChI=1S/C12H18N2O3/c1-3-4-5-6-7-8-9-11-12(14(15)16)10(2)13-17-11/h8-9H,3-7H2,1-2H3/b9-8+. The summed E-state index contributed by atoms with van der Waals surface area (Å²) >= 11 is 0. The van der Waals surface area contributed by atoms with Crippen molar-refractivity contribution in [1.82, 2.24) is 5.16 Å². The molecule has 17 heavy (non-hydrogen) atoms. The van der Waals surface area contributed by atoms with Crippen LogP contribution in [0.2, 0.25) is 0 Å². The van der Waals surface area contributed by atoms with Crippen LogP contribution in [0, 0.1) is 17.0 Å². The van der Waals surface area contributed by atoms with E-state index < -0.39 is 4.92 Å². The van der Waals surface area contributed by atoms with Crippen molar-refractivity contribution >= 4 is 11.8 Å². The molecule has 1 rings (SSSR count). The molecule has 5 nitrogen and oxygen atoms in total. The molecular formula is C12H18N2O3. The minimum absolute atomic E-state index is 0.0326. The van der Waals surface area contributed by atoms with Gasteiger partial charge in [0.25, 0.3) is 0 Å². The molecule has 0 spiro atoms. The highest BCUT2D eigenvalue weighted by atomic mass is 16.6. The van der Waals surface area contributed by atoms with Gasteiger partial charge in [0.2, 0.25) is 5.76 Å². The number of allylic oxidation sites excluding steroid dienone is 1. The monoisotopic (exact) mass is 238 g/mol. The van der Waals surface area contributed by atoms with E-state index in [1.807, 2.05) is 6.08 Å². The van der Waals surface area contributed by atoms with E-state index in [4.69, 9.17) is 4.52 Å². The van der Waals surface area contributed by atoms with Gasteiger partial charge in [0.15, 0.2) is 5.69 Å². The Balaban J connectivity index is 2.51. The first-order chi connectivity index (χ1) is 8.16. The van der Waals surface area contributed by atoms with Gasteiger partial charge in [-0.1, -0.05) is 37.4 Å². The predicted molar refractivity (Wildman–Crippen MR) is 65.7 cm³/mol. The fraction of sp³-hybridized carbons (Fsp3) is 0.583. The third-order valence-electron chi connectivity index (χ3n) is 2.53. The summed E-state index contributed by atoms with van der Waals surface area (Å²) in [6.07, 6.45) is 9.19. The van der Waals surface area contributed by atoms with Crippen molar-refractivity contribution in [3.05, 3.63) is 27.6 Å². The minimum atomic E-state index is -0.456. The summed E-state index contributed by atoms with van der Waals surface area (Å²) < 4.78 is 4.91. The largest absolute Gasteiger partial charge is 0.349 e. The van der Waals surface area contributed by atoms with Crippen molar-refractivity contribution in [1.29, 1.82) is 0 Å². The van der Waals surface area contributed by atoms with E-state index in [2.05, 4.69) is 12.1 Å². The number of aryl methyl sites for hydroxylation is 1. The summed E-state index contributed by atoms with van der Waals surface area (Å²) in [5, 5.41) is 14.3. The van der Waals surface area contributed by atoms with E-state index in [9.17, 15) is 10.1 Å². The Bertz CT molecular complexity index is 396. The third kappa shape index (κ3) is 4.01. The van der Waals surface area contributed by atoms with E-state index >= 15 is 0 Å². The summed E-state index contributed by atoms with van der Waals surface area (Å²) in [6, 6.07) is 0. The van der Waals surface area contributed by atoms with Gasteiger partial charge < -0.3 is 4.52 Å². The van der Waals surface area contributed by atoms with Crippen LogP contribution in [0.3, 0.4) is 0 Å². The van der Waals surface area contributed by atoms with Crippen LogP contribution >= 0.6 is 0 Å². The Hall–Kier alpha value is -1.65. The molecule has 1 aromatic rings. The Morgan fingerprint density at radius 2 is 2.18 bits per heavy atom. The fourth-order valence-corrected chi connectivity index (χ4v) is 1.59. The van der Waals surface area contributed by atoms with Crippen molar-refractivity contribution < 1.29 is 9.45 Å². The maximum Gasteiger partial charge on any atom is 0.338 e. The number of rotatable bonds is 7. The lowest BCUT2D eigenvalue weighted by molar-refractivity contribution is -0.386. The van der Waals surface area contributed by atoms with Crippen LogP contribution in [0.4, 0.5) is 5.69 Å². The first kappa shape index (κ1) is 13.4. The lowest BCUT2D eigenvalue weighted by Gasteiger charge is -1.93. The molecule has 0 aliphatic heterocycles. The van der Waals surface area contributed by atoms with Crippen LogP contribution in [0.5, 0.6) is 0 Å². The summed E-state index contributed by atoms with van der Waals surface area (Å²) in [6.45, 7) is 3.73. The normalized spacial score (nSPS) is 11.2. The second kappa shape index (κ2) is 6.83. The maximum atomic E-state index is 10.7. The zero-order valence-corrected chi connectivity index (χ0v) is 10.3. The van der Waals surface area contributed by atoms with Crippen molar-refractivity contribution in [3.63, 3.8) is 0 Å². The van der Waals surface area contributed by atoms with Gasteiger partial charge in [-0.15, -0.1) is 0 Å². The van der Waals surface area contributed by atoms with Crippen molar-refractivity contribution in [2.75, 3.05) is 0 Å². The molecule has 0 aliphatic carbocycles. The van der Waals surface area contributed by atoms with Gasteiger partial charge in [-0.3, -0.25) is 10.1 Å². The molecule has 0 fully saturated rings. The number of unbranched alkanes of at least 4 members (excludes halogenated alkanes) is 4. The van der Waals surface area contributed by atoms with Gasteiger partial charge in [-0.25, -0.2) is 0 Å². The highest BCUT2D eigenvalue weighted by Gasteiger charge is 2.21. The van der Waals surface area contributed by atoms with Crippen molar-refractivity contribution in [3.8, 4) is 0 Å². The average Bonchev–Trinajstić information content (AvgIpc) is 2.65. The maximum absolute atomic E-state index is 10.7. The molecule has 0 N–H and O–H groups in total. The minimum Gasteiger partial charge on any atom is -0.349 e. The van der Waals surface area contributed by atoms with E-state index in [-0.39, 0.29) is 11.4 Å². The smallest absolute Gasteiger partial charge is 0.338 e. The van der Waals surface area contributed by atoms with Crippen LogP contribution in [-0.4, -0.2) is 10.1 Å². The number of hydrogen-bond donors (Lipinski definition) is 0. The van der Waals surface area contributed by atoms with Gasteiger partial charge in [-0.05, 0) is 25.8 Å². The first-order valence-electron chi connectivity index (χ1n) is 5.94. The highest BCUT2D eigenvalue weighted by molar-refractivity contribution is 5.56. The molecule has 0 radical (unpaired) electrons. The molecule has 0 aliphatic rings. The quantitative estimate of drug-likeness (QED) is 0.410. The van der Waals surface area contributed by atoms with Gasteiger partial charge >= 0.3 is 5.69 Å². The van der Waals surface area contributed by atoms with Crippen LogP contribution in [0.1, 0.15) is 50.5 Å². The fourth-order valence-electron chi connectivity index (χ4n) is 1.59. The number of nitro groups is 1. The van der Waals surface area contributed by atoms with Crippen LogP contribution < -0.4 is 0 Å². The Kier molecular flexibility index (Phi) is 5.39. The summed E-state index contributed by atoms with van der Waals surface area (Å²) in [4.78, 5) is 10.3. The molecule has 94 valence electrons. The average molecular weight is 238 g/mol. The number of aromatic nitrogens is 1. The van der Waals surface area contributed by atoms with Crippen LogP contribution in [0.15, 0.2) is 10.6 Å². The summed E-state index contributed by atoms with van der Waals surface area (Å²) in [7, 11) is 0. The Morgan fingerprint density at radius 1 is 1.41 bits per heavy atom. The van der Waals surface area contributed by atoms with Gasteiger partial charge in [0.1, 0.15) is 0 Å². The molecule has 1 heterocycles. The Morgan fingerprint density at radius 3 is 2.82 bits per heavy atom. The molecule has 0 amide bonds. The lowest BCUT2D eigenvalue weighted by Crippen LogP contribution is -1.90. The highest BCUT2D eigenvalue weighted by Crippen LogP contribution is 2.23. The van der Waals surface area contributed by atoms with Gasteiger partial charge in [0.05, 0.1) is 4.92 Å². The van der Waals surface area contributed by atoms with E-state index in [0.29, 0.717) is 5.69 Å². The van der Waals surface area contributed by atoms with E-state index in [1.165, 1.54) is 19.3 Å². The van der Waals surface area contributed by atoms with Gasteiger partial charge in [-0.2, -0.15) is 0 Å². The lowest BCUT2D eigenvalue weighted by atomic mass is 10.1. The molecule has 0 atom stereocenters. The third-order valence-corrected chi connectivity index (χ3v) is 2.53. The van der Waals surface area contributed by atoms with E-state index in [0.717, 1.165) is 12.8 Å². The molecule has 0 saturated carbocycles. The van der Waals surface area contributed by atoms with Gasteiger partial charge in [0, 0.05) is 0 Å². The summed E-state index contributed by atoms with van der Waals surface area (Å²) in [5.41, 5.74) is 0.287. The molecule has 0 saturated heterocycles. The zero-order chi connectivity index (χ0) is 12.7. The topological polar surface area (TPSA) is 69.2 Å². The number of nitrogens with zero attached hydrogens (tertiary/aromatic N) is 2. The molecule has 0 unspecified atom stereocenters. The van der Waals surface area contributed by atoms with Crippen LogP contribution in [0.25, 0.3) is 6.08 Å². The van der Waals surface area contributed by atoms with Crippen molar-refractivity contribution in [2.24, 2.45) is 0 Å². The zero-order valence-electron chi connectivity index (χ0n) is 10.3. The molecule has 5 heteroatoms. The summed E-state index contributed by atoms with van der Waals surface area (Å²) in [5.74, 6) is 0.239. The SMILES string of the molecule is CCCCCC/C=C/c1onc(C)c1[N+](=O)[O-]. The second-order valence-electron chi connectivity index (χ2n) is 3.99. The van der Waals surface area contributed by atoms with E-state index in [1.54, 1.807) is 13.0 Å². The predicted octanol–water partition coefficient (Wildman–Crippen LogP) is 3.87. The first-order valence-corrected chi connectivity index (χ1v) is 5.94. The molecule has 1 aromatic heterocycles. The second-order valence-corrected chi connectivity index (χ2v) is 3.99.